The average molecular weight is 411 g/mol. The minimum Gasteiger partial charge on any atom is -0.459 e. The van der Waals surface area contributed by atoms with Crippen LogP contribution in [0.5, 0.6) is 0 Å². The van der Waals surface area contributed by atoms with E-state index >= 15 is 0 Å². The standard InChI is InChI=1S/C19H20F3N3O4/c1-2-9-25(16(27)7-8-23-19(28)14-4-3-10-29-14)11-15(26)24-13-6-5-12(20)17(21)18(13)22/h3-6,10H,2,7-9,11H2,1H3,(H,23,28)(H,24,26). The third-order valence-corrected chi connectivity index (χ3v) is 3.86. The number of carbonyl (C=O) groups excluding carboxylic acids is 3. The zero-order valence-corrected chi connectivity index (χ0v) is 15.6. The van der Waals surface area contributed by atoms with Crippen molar-refractivity contribution in [2.75, 3.05) is 25.0 Å². The minimum absolute atomic E-state index is 0.0258. The number of nitrogens with zero attached hydrogens (tertiary/aromatic N) is 1. The summed E-state index contributed by atoms with van der Waals surface area (Å²) < 4.78 is 44.8. The molecule has 7 nitrogen and oxygen atoms in total. The predicted molar refractivity (Wildman–Crippen MR) is 97.5 cm³/mol. The van der Waals surface area contributed by atoms with Crippen LogP contribution in [-0.4, -0.2) is 42.3 Å². The number of carbonyl (C=O) groups is 3. The maximum absolute atomic E-state index is 13.7. The first-order valence-corrected chi connectivity index (χ1v) is 8.86. The van der Waals surface area contributed by atoms with E-state index in [9.17, 15) is 27.6 Å². The maximum Gasteiger partial charge on any atom is 0.286 e. The molecule has 0 radical (unpaired) electrons. The summed E-state index contributed by atoms with van der Waals surface area (Å²) in [6, 6.07) is 4.60. The number of rotatable bonds is 9. The number of hydrogen-bond acceptors (Lipinski definition) is 4. The summed E-state index contributed by atoms with van der Waals surface area (Å²) in [7, 11) is 0. The van der Waals surface area contributed by atoms with Gasteiger partial charge >= 0.3 is 0 Å². The highest BCUT2D eigenvalue weighted by molar-refractivity contribution is 5.95. The van der Waals surface area contributed by atoms with E-state index in [1.165, 1.54) is 17.2 Å². The molecule has 0 aliphatic heterocycles. The average Bonchev–Trinajstić information content (AvgIpc) is 3.23. The minimum atomic E-state index is -1.70. The Morgan fingerprint density at radius 3 is 2.52 bits per heavy atom. The summed E-state index contributed by atoms with van der Waals surface area (Å²) in [4.78, 5) is 37.4. The van der Waals surface area contributed by atoms with Crippen LogP contribution in [0.1, 0.15) is 30.3 Å². The summed E-state index contributed by atoms with van der Waals surface area (Å²) in [5, 5.41) is 4.64. The van der Waals surface area contributed by atoms with Crippen molar-refractivity contribution in [2.45, 2.75) is 19.8 Å². The Balaban J connectivity index is 1.89. The molecule has 0 aliphatic carbocycles. The van der Waals surface area contributed by atoms with Crippen LogP contribution in [0.3, 0.4) is 0 Å². The molecule has 2 rings (SSSR count). The van der Waals surface area contributed by atoms with Crippen LogP contribution < -0.4 is 10.6 Å². The summed E-state index contributed by atoms with van der Waals surface area (Å²) in [6.07, 6.45) is 1.83. The lowest BCUT2D eigenvalue weighted by Crippen LogP contribution is -2.40. The molecule has 3 amide bonds. The van der Waals surface area contributed by atoms with Gasteiger partial charge in [0.15, 0.2) is 23.2 Å². The van der Waals surface area contributed by atoms with Crippen LogP contribution >= 0.6 is 0 Å². The summed E-state index contributed by atoms with van der Waals surface area (Å²) in [5.74, 6) is -6.14. The number of nitrogens with one attached hydrogen (secondary N) is 2. The topological polar surface area (TPSA) is 91.7 Å². The third kappa shape index (κ3) is 6.09. The molecule has 156 valence electrons. The lowest BCUT2D eigenvalue weighted by Gasteiger charge is -2.22. The molecule has 1 heterocycles. The number of halogens is 3. The van der Waals surface area contributed by atoms with Crippen molar-refractivity contribution >= 4 is 23.4 Å². The largest absolute Gasteiger partial charge is 0.459 e. The van der Waals surface area contributed by atoms with E-state index in [4.69, 9.17) is 4.42 Å². The Kier molecular flexibility index (Phi) is 7.81. The van der Waals surface area contributed by atoms with Crippen molar-refractivity contribution in [3.8, 4) is 0 Å². The Bertz CT molecular complexity index is 872. The molecule has 10 heteroatoms. The van der Waals surface area contributed by atoms with Crippen molar-refractivity contribution in [2.24, 2.45) is 0 Å². The normalized spacial score (nSPS) is 10.5. The van der Waals surface area contributed by atoms with Gasteiger partial charge in [0.25, 0.3) is 5.91 Å². The van der Waals surface area contributed by atoms with Crippen LogP contribution in [0.15, 0.2) is 34.9 Å². The molecular formula is C19H20F3N3O4. The molecule has 0 aliphatic rings. The van der Waals surface area contributed by atoms with E-state index in [2.05, 4.69) is 10.6 Å². The molecule has 0 saturated heterocycles. The van der Waals surface area contributed by atoms with Gasteiger partial charge in [0.05, 0.1) is 18.5 Å². The molecule has 1 aromatic heterocycles. The van der Waals surface area contributed by atoms with Gasteiger partial charge in [0.2, 0.25) is 11.8 Å². The fourth-order valence-corrected chi connectivity index (χ4v) is 2.48. The lowest BCUT2D eigenvalue weighted by molar-refractivity contribution is -0.134. The van der Waals surface area contributed by atoms with Gasteiger partial charge in [-0.05, 0) is 30.7 Å². The first-order chi connectivity index (χ1) is 13.8. The summed E-state index contributed by atoms with van der Waals surface area (Å²) >= 11 is 0. The summed E-state index contributed by atoms with van der Waals surface area (Å²) in [6.45, 7) is 1.67. The van der Waals surface area contributed by atoms with Crippen molar-refractivity contribution < 1.29 is 32.0 Å². The highest BCUT2D eigenvalue weighted by Crippen LogP contribution is 2.19. The molecule has 1 aromatic carbocycles. The highest BCUT2D eigenvalue weighted by atomic mass is 19.2. The molecule has 0 unspecified atom stereocenters. The van der Waals surface area contributed by atoms with Crippen LogP contribution in [0.4, 0.5) is 18.9 Å². The SMILES string of the molecule is CCCN(CC(=O)Nc1ccc(F)c(F)c1F)C(=O)CCNC(=O)c1ccco1. The van der Waals surface area contributed by atoms with Crippen molar-refractivity contribution in [3.63, 3.8) is 0 Å². The lowest BCUT2D eigenvalue weighted by atomic mass is 10.2. The molecule has 2 N–H and O–H groups in total. The fourth-order valence-electron chi connectivity index (χ4n) is 2.48. The van der Waals surface area contributed by atoms with Crippen LogP contribution in [0.25, 0.3) is 0 Å². The van der Waals surface area contributed by atoms with Gasteiger partial charge in [0.1, 0.15) is 0 Å². The summed E-state index contributed by atoms with van der Waals surface area (Å²) in [5.41, 5.74) is -0.525. The number of anilines is 1. The Morgan fingerprint density at radius 1 is 1.10 bits per heavy atom. The van der Waals surface area contributed by atoms with E-state index in [1.807, 2.05) is 0 Å². The second-order valence-corrected chi connectivity index (χ2v) is 6.07. The number of hydrogen-bond donors (Lipinski definition) is 2. The molecule has 0 atom stereocenters. The molecule has 2 aromatic rings. The smallest absolute Gasteiger partial charge is 0.286 e. The predicted octanol–water partition coefficient (Wildman–Crippen LogP) is 2.69. The van der Waals surface area contributed by atoms with Crippen LogP contribution in [-0.2, 0) is 9.59 Å². The third-order valence-electron chi connectivity index (χ3n) is 3.86. The molecule has 29 heavy (non-hydrogen) atoms. The molecule has 0 bridgehead atoms. The Labute approximate surface area is 164 Å². The van der Waals surface area contributed by atoms with E-state index in [0.717, 1.165) is 6.07 Å². The van der Waals surface area contributed by atoms with Gasteiger partial charge < -0.3 is 20.0 Å². The second-order valence-electron chi connectivity index (χ2n) is 6.07. The monoisotopic (exact) mass is 411 g/mol. The number of benzene rings is 1. The number of amides is 3. The molecule has 0 spiro atoms. The van der Waals surface area contributed by atoms with E-state index in [1.54, 1.807) is 13.0 Å². The van der Waals surface area contributed by atoms with E-state index in [-0.39, 0.29) is 25.3 Å². The molecule has 0 saturated carbocycles. The first-order valence-electron chi connectivity index (χ1n) is 8.86. The Hall–Kier alpha value is -3.30. The van der Waals surface area contributed by atoms with Gasteiger partial charge in [-0.1, -0.05) is 6.92 Å². The van der Waals surface area contributed by atoms with Crippen molar-refractivity contribution in [3.05, 3.63) is 53.7 Å². The Morgan fingerprint density at radius 2 is 1.86 bits per heavy atom. The maximum atomic E-state index is 13.7. The zero-order valence-electron chi connectivity index (χ0n) is 15.6. The van der Waals surface area contributed by atoms with Gasteiger partial charge in [-0.2, -0.15) is 0 Å². The van der Waals surface area contributed by atoms with Crippen LogP contribution in [0.2, 0.25) is 0 Å². The highest BCUT2D eigenvalue weighted by Gasteiger charge is 2.19. The van der Waals surface area contributed by atoms with E-state index in [0.29, 0.717) is 12.5 Å². The van der Waals surface area contributed by atoms with Crippen LogP contribution in [0, 0.1) is 17.5 Å². The molecular weight excluding hydrogens is 391 g/mol. The van der Waals surface area contributed by atoms with Gasteiger partial charge in [-0.15, -0.1) is 0 Å². The first kappa shape index (κ1) is 22.0. The fraction of sp³-hybridized carbons (Fsp3) is 0.316. The van der Waals surface area contributed by atoms with Gasteiger partial charge in [0, 0.05) is 19.5 Å². The van der Waals surface area contributed by atoms with E-state index < -0.39 is 47.4 Å². The second kappa shape index (κ2) is 10.3. The molecule has 0 fully saturated rings. The zero-order chi connectivity index (χ0) is 21.4. The number of furan rings is 1. The quantitative estimate of drug-likeness (QED) is 0.621. The van der Waals surface area contributed by atoms with Gasteiger partial charge in [-0.3, -0.25) is 14.4 Å². The van der Waals surface area contributed by atoms with Gasteiger partial charge in [-0.25, -0.2) is 13.2 Å². The van der Waals surface area contributed by atoms with Crippen molar-refractivity contribution in [1.82, 2.24) is 10.2 Å². The van der Waals surface area contributed by atoms with Crippen molar-refractivity contribution in [1.29, 1.82) is 0 Å².